The molecule has 2 atom stereocenters. The van der Waals surface area contributed by atoms with E-state index in [1.807, 2.05) is 0 Å². The molecule has 1 aromatic heterocycles. The fraction of sp³-hybridized carbons (Fsp3) is 0.706. The van der Waals surface area contributed by atoms with E-state index in [1.165, 1.54) is 31.4 Å². The van der Waals surface area contributed by atoms with Gasteiger partial charge < -0.3 is 4.57 Å². The third-order valence-corrected chi connectivity index (χ3v) is 5.14. The molecule has 3 rings (SSSR count). The fourth-order valence-electron chi connectivity index (χ4n) is 4.12. The Morgan fingerprint density at radius 3 is 2.74 bits per heavy atom. The minimum Gasteiger partial charge on any atom is -0.347 e. The van der Waals surface area contributed by atoms with Crippen molar-refractivity contribution < 1.29 is 4.79 Å². The van der Waals surface area contributed by atoms with E-state index in [4.69, 9.17) is 0 Å². The molecule has 2 unspecified atom stereocenters. The maximum absolute atomic E-state index is 12.0. The Kier molecular flexibility index (Phi) is 3.51. The van der Waals surface area contributed by atoms with Gasteiger partial charge in [0.2, 0.25) is 0 Å². The summed E-state index contributed by atoms with van der Waals surface area (Å²) in [5.74, 6) is 1.88. The van der Waals surface area contributed by atoms with E-state index in [9.17, 15) is 4.79 Å². The molecule has 1 saturated carbocycles. The monoisotopic (exact) mass is 259 g/mol. The average Bonchev–Trinajstić information content (AvgIpc) is 2.84. The number of carbonyl (C=O) groups is 1. The van der Waals surface area contributed by atoms with Crippen molar-refractivity contribution in [2.24, 2.45) is 11.8 Å². The molecule has 0 radical (unpaired) electrons. The van der Waals surface area contributed by atoms with Gasteiger partial charge in [-0.1, -0.05) is 26.7 Å². The average molecular weight is 259 g/mol. The zero-order valence-corrected chi connectivity index (χ0v) is 12.2. The summed E-state index contributed by atoms with van der Waals surface area (Å²) in [5.41, 5.74) is 2.34. The highest BCUT2D eigenvalue weighted by Gasteiger charge is 2.31. The van der Waals surface area contributed by atoms with Gasteiger partial charge in [-0.3, -0.25) is 4.79 Å². The molecule has 2 aliphatic carbocycles. The second-order valence-electron chi connectivity index (χ2n) is 6.62. The summed E-state index contributed by atoms with van der Waals surface area (Å²) in [4.78, 5) is 12.0. The standard InChI is InChI=1S/C17H25NO/c1-12(2)13-6-3-4-7-15(13)18-11-10-14-16(18)8-5-9-17(14)19/h10-13,15H,3-9H2,1-2H3. The van der Waals surface area contributed by atoms with Crippen molar-refractivity contribution in [2.45, 2.75) is 64.8 Å². The van der Waals surface area contributed by atoms with Crippen molar-refractivity contribution in [3.8, 4) is 0 Å². The molecule has 2 nitrogen and oxygen atoms in total. The molecule has 1 fully saturated rings. The molecule has 0 aromatic carbocycles. The largest absolute Gasteiger partial charge is 0.347 e. The molecule has 19 heavy (non-hydrogen) atoms. The van der Waals surface area contributed by atoms with Gasteiger partial charge in [0.05, 0.1) is 0 Å². The van der Waals surface area contributed by atoms with Crippen LogP contribution in [0.4, 0.5) is 0 Å². The van der Waals surface area contributed by atoms with Crippen LogP contribution in [-0.2, 0) is 6.42 Å². The molecular formula is C17H25NO. The SMILES string of the molecule is CC(C)C1CCCCC1n1ccc2c1CCCC2=O. The molecular weight excluding hydrogens is 234 g/mol. The fourth-order valence-corrected chi connectivity index (χ4v) is 4.12. The van der Waals surface area contributed by atoms with Crippen LogP contribution in [0.3, 0.4) is 0 Å². The van der Waals surface area contributed by atoms with Crippen LogP contribution in [-0.4, -0.2) is 10.4 Å². The highest BCUT2D eigenvalue weighted by Crippen LogP contribution is 2.40. The van der Waals surface area contributed by atoms with Crippen molar-refractivity contribution in [1.82, 2.24) is 4.57 Å². The first-order valence-electron chi connectivity index (χ1n) is 7.91. The van der Waals surface area contributed by atoms with E-state index in [0.29, 0.717) is 11.8 Å². The van der Waals surface area contributed by atoms with Gasteiger partial charge in [0.25, 0.3) is 0 Å². The van der Waals surface area contributed by atoms with E-state index in [0.717, 1.165) is 36.7 Å². The molecule has 0 N–H and O–H groups in total. The molecule has 0 amide bonds. The van der Waals surface area contributed by atoms with E-state index in [-0.39, 0.29) is 0 Å². The van der Waals surface area contributed by atoms with Crippen molar-refractivity contribution in [3.05, 3.63) is 23.5 Å². The Morgan fingerprint density at radius 1 is 1.16 bits per heavy atom. The number of hydrogen-bond donors (Lipinski definition) is 0. The molecule has 0 aliphatic heterocycles. The maximum atomic E-state index is 12.0. The molecule has 104 valence electrons. The van der Waals surface area contributed by atoms with Crippen LogP contribution >= 0.6 is 0 Å². The number of aromatic nitrogens is 1. The Morgan fingerprint density at radius 2 is 1.95 bits per heavy atom. The Hall–Kier alpha value is -1.05. The van der Waals surface area contributed by atoms with Crippen LogP contribution in [0.1, 0.15) is 74.5 Å². The summed E-state index contributed by atoms with van der Waals surface area (Å²) < 4.78 is 2.47. The minimum atomic E-state index is 0.358. The summed E-state index contributed by atoms with van der Waals surface area (Å²) in [7, 11) is 0. The number of fused-ring (bicyclic) bond motifs is 1. The predicted octanol–water partition coefficient (Wildman–Crippen LogP) is 4.39. The van der Waals surface area contributed by atoms with E-state index >= 15 is 0 Å². The van der Waals surface area contributed by atoms with Gasteiger partial charge in [-0.15, -0.1) is 0 Å². The van der Waals surface area contributed by atoms with Crippen molar-refractivity contribution in [3.63, 3.8) is 0 Å². The quantitative estimate of drug-likeness (QED) is 0.772. The molecule has 0 bridgehead atoms. The van der Waals surface area contributed by atoms with Gasteiger partial charge in [0.15, 0.2) is 5.78 Å². The smallest absolute Gasteiger partial charge is 0.164 e. The van der Waals surface area contributed by atoms with Crippen LogP contribution in [0.2, 0.25) is 0 Å². The van der Waals surface area contributed by atoms with Crippen molar-refractivity contribution >= 4 is 5.78 Å². The van der Waals surface area contributed by atoms with Crippen LogP contribution in [0, 0.1) is 11.8 Å². The van der Waals surface area contributed by atoms with Crippen LogP contribution in [0.5, 0.6) is 0 Å². The first-order chi connectivity index (χ1) is 9.18. The lowest BCUT2D eigenvalue weighted by Crippen LogP contribution is -2.28. The lowest BCUT2D eigenvalue weighted by Gasteiger charge is -2.37. The topological polar surface area (TPSA) is 22.0 Å². The highest BCUT2D eigenvalue weighted by atomic mass is 16.1. The molecule has 2 aliphatic rings. The summed E-state index contributed by atoms with van der Waals surface area (Å²) >= 11 is 0. The summed E-state index contributed by atoms with van der Waals surface area (Å²) in [5, 5.41) is 0. The highest BCUT2D eigenvalue weighted by molar-refractivity contribution is 5.98. The lowest BCUT2D eigenvalue weighted by atomic mass is 9.77. The predicted molar refractivity (Wildman–Crippen MR) is 77.5 cm³/mol. The van der Waals surface area contributed by atoms with Crippen LogP contribution in [0.25, 0.3) is 0 Å². The van der Waals surface area contributed by atoms with Gasteiger partial charge in [0, 0.05) is 29.9 Å². The third-order valence-electron chi connectivity index (χ3n) is 5.14. The van der Waals surface area contributed by atoms with Gasteiger partial charge in [0.1, 0.15) is 0 Å². The van der Waals surface area contributed by atoms with Crippen molar-refractivity contribution in [1.29, 1.82) is 0 Å². The number of nitrogens with zero attached hydrogens (tertiary/aromatic N) is 1. The summed E-state index contributed by atoms with van der Waals surface area (Å²) in [6, 6.07) is 2.70. The second-order valence-corrected chi connectivity index (χ2v) is 6.62. The first kappa shape index (κ1) is 13.0. The minimum absolute atomic E-state index is 0.358. The normalized spacial score (nSPS) is 27.6. The third kappa shape index (κ3) is 2.26. The maximum Gasteiger partial charge on any atom is 0.164 e. The van der Waals surface area contributed by atoms with Crippen LogP contribution < -0.4 is 0 Å². The second kappa shape index (κ2) is 5.15. The number of Topliss-reactive ketones (excluding diaryl/α,β-unsaturated/α-hetero) is 1. The Balaban J connectivity index is 1.94. The number of ketones is 1. The van der Waals surface area contributed by atoms with E-state index in [2.05, 4.69) is 30.7 Å². The first-order valence-corrected chi connectivity index (χ1v) is 7.91. The van der Waals surface area contributed by atoms with Gasteiger partial charge in [-0.25, -0.2) is 0 Å². The molecule has 0 saturated heterocycles. The number of hydrogen-bond acceptors (Lipinski definition) is 1. The lowest BCUT2D eigenvalue weighted by molar-refractivity contribution is 0.0970. The van der Waals surface area contributed by atoms with Gasteiger partial charge >= 0.3 is 0 Å². The molecule has 1 heterocycles. The number of rotatable bonds is 2. The van der Waals surface area contributed by atoms with E-state index in [1.54, 1.807) is 0 Å². The van der Waals surface area contributed by atoms with Crippen molar-refractivity contribution in [2.75, 3.05) is 0 Å². The number of carbonyl (C=O) groups excluding carboxylic acids is 1. The zero-order chi connectivity index (χ0) is 13.4. The zero-order valence-electron chi connectivity index (χ0n) is 12.2. The summed E-state index contributed by atoms with van der Waals surface area (Å²) in [6.45, 7) is 4.70. The van der Waals surface area contributed by atoms with Gasteiger partial charge in [-0.2, -0.15) is 0 Å². The molecule has 0 spiro atoms. The van der Waals surface area contributed by atoms with Gasteiger partial charge in [-0.05, 0) is 43.6 Å². The molecule has 1 aromatic rings. The molecule has 2 heteroatoms. The Bertz CT molecular complexity index is 472. The van der Waals surface area contributed by atoms with E-state index < -0.39 is 0 Å². The summed E-state index contributed by atoms with van der Waals surface area (Å²) in [6.07, 6.45) is 10.4. The Labute approximate surface area is 116 Å². The van der Waals surface area contributed by atoms with Crippen LogP contribution in [0.15, 0.2) is 12.3 Å².